The van der Waals surface area contributed by atoms with Crippen molar-refractivity contribution in [3.05, 3.63) is 196 Å². The van der Waals surface area contributed by atoms with Crippen LogP contribution in [-0.2, 0) is 4.84 Å². The Morgan fingerprint density at radius 1 is 0.500 bits per heavy atom. The number of halogens is 2. The van der Waals surface area contributed by atoms with Crippen LogP contribution in [0, 0.1) is 41.5 Å². The predicted molar refractivity (Wildman–Crippen MR) is 238 cm³/mol. The molecule has 0 aliphatic rings. The number of hydrogen-bond donors (Lipinski definition) is 2. The van der Waals surface area contributed by atoms with Crippen LogP contribution in [0.4, 0.5) is 17.1 Å². The third-order valence-corrected chi connectivity index (χ3v) is 8.85. The molecule has 0 bridgehead atoms. The fraction of sp³-hybridized carbons (Fsp3) is 0.170. The lowest BCUT2D eigenvalue weighted by Gasteiger charge is -2.23. The number of aryl methyl sites for hydroxylation is 6. The van der Waals surface area contributed by atoms with E-state index in [1.54, 1.807) is 10.5 Å². The van der Waals surface area contributed by atoms with Crippen LogP contribution in [0.15, 0.2) is 161 Å². The van der Waals surface area contributed by atoms with Crippen molar-refractivity contribution in [3.63, 3.8) is 0 Å². The van der Waals surface area contributed by atoms with Gasteiger partial charge in [0.05, 0.1) is 17.1 Å². The number of aliphatic imine (C=N–C) groups is 3. The van der Waals surface area contributed by atoms with Crippen LogP contribution in [0.5, 0.6) is 0 Å². The highest BCUT2D eigenvalue weighted by atomic mass is 35.5. The maximum absolute atomic E-state index is 7.32. The number of nitrogens with one attached hydrogen (secondary N) is 1. The average molecular weight is 789 g/mol. The summed E-state index contributed by atoms with van der Waals surface area (Å²) in [4.78, 5) is 21.0. The topological polar surface area (TPSA) is 81.8 Å². The maximum atomic E-state index is 7.32. The monoisotopic (exact) mass is 787 g/mol. The molecule has 0 aromatic heterocycles. The highest BCUT2D eigenvalue weighted by Crippen LogP contribution is 2.28. The van der Waals surface area contributed by atoms with E-state index in [0.717, 1.165) is 67.1 Å². The normalized spacial score (nSPS) is 11.3. The van der Waals surface area contributed by atoms with Gasteiger partial charge in [-0.05, 0) is 87.1 Å². The second-order valence-electron chi connectivity index (χ2n) is 12.9. The molecule has 9 heteroatoms. The Labute approximate surface area is 343 Å². The van der Waals surface area contributed by atoms with Crippen molar-refractivity contribution in [1.29, 1.82) is 0 Å². The number of benzene rings is 6. The van der Waals surface area contributed by atoms with Gasteiger partial charge in [0.15, 0.2) is 5.84 Å². The summed E-state index contributed by atoms with van der Waals surface area (Å²) in [5.41, 5.74) is 14.0. The molecule has 0 spiro atoms. The van der Waals surface area contributed by atoms with E-state index in [1.165, 1.54) is 7.05 Å². The predicted octanol–water partition coefficient (Wildman–Crippen LogP) is 12.3. The molecule has 0 aliphatic carbocycles. The van der Waals surface area contributed by atoms with E-state index in [-0.39, 0.29) is 12.4 Å². The average Bonchev–Trinajstić information content (AvgIpc) is 3.19. The van der Waals surface area contributed by atoms with Gasteiger partial charge in [0.1, 0.15) is 5.17 Å². The standard InChI is InChI=1S/C31H31N3O.C15H14ClN.CH5NO.ClH/c1-22-14-12-15-23(2)28(22)32-30(26-18-8-6-9-19-26)34(5)35-31(27-20-10-7-11-21-27)33-29-24(3)16-13-17-25(29)4;1-11-7-6-8-12(2)14(11)17-15(16)13-9-4-3-5-10-13;1-2-3;/h6-21H,1-5H3;3-10H,1-2H3;2-3H,1H3;1H. The molecule has 6 rings (SSSR count). The van der Waals surface area contributed by atoms with Crippen molar-refractivity contribution in [2.75, 3.05) is 14.1 Å². The van der Waals surface area contributed by atoms with Crippen LogP contribution < -0.4 is 5.48 Å². The Bertz CT molecular complexity index is 2160. The molecule has 0 heterocycles. The molecule has 0 atom stereocenters. The third-order valence-electron chi connectivity index (χ3n) is 8.55. The molecular formula is C47H51Cl2N5O2. The van der Waals surface area contributed by atoms with Crippen molar-refractivity contribution in [2.45, 2.75) is 41.5 Å². The molecule has 0 aliphatic heterocycles. The Morgan fingerprint density at radius 2 is 0.821 bits per heavy atom. The van der Waals surface area contributed by atoms with Crippen LogP contribution >= 0.6 is 24.0 Å². The molecule has 7 nitrogen and oxygen atoms in total. The van der Waals surface area contributed by atoms with Gasteiger partial charge in [0.25, 0.3) is 5.90 Å². The van der Waals surface area contributed by atoms with E-state index in [0.29, 0.717) is 16.9 Å². The quantitative estimate of drug-likeness (QED) is 0.100. The molecule has 0 amide bonds. The molecule has 0 radical (unpaired) electrons. The summed E-state index contributed by atoms with van der Waals surface area (Å²) in [5.74, 6) is 1.21. The van der Waals surface area contributed by atoms with Gasteiger partial charge in [-0.2, -0.15) is 5.06 Å². The lowest BCUT2D eigenvalue weighted by Crippen LogP contribution is -2.31. The minimum Gasteiger partial charge on any atom is -0.357 e. The van der Waals surface area contributed by atoms with E-state index in [4.69, 9.17) is 31.6 Å². The summed E-state index contributed by atoms with van der Waals surface area (Å²) in [5, 5.41) is 9.56. The maximum Gasteiger partial charge on any atom is 0.253 e. The molecule has 6 aromatic rings. The molecule has 56 heavy (non-hydrogen) atoms. The molecule has 0 saturated heterocycles. The number of para-hydroxylation sites is 3. The molecule has 6 aromatic carbocycles. The lowest BCUT2D eigenvalue weighted by atomic mass is 10.1. The first-order valence-corrected chi connectivity index (χ1v) is 18.4. The number of nitrogens with zero attached hydrogens (tertiary/aromatic N) is 4. The second-order valence-corrected chi connectivity index (χ2v) is 13.2. The molecule has 0 fully saturated rings. The summed E-state index contributed by atoms with van der Waals surface area (Å²) < 4.78 is 0. The first-order valence-electron chi connectivity index (χ1n) is 18.0. The number of hydroxylamine groups is 3. The van der Waals surface area contributed by atoms with Gasteiger partial charge in [0, 0.05) is 30.8 Å². The Morgan fingerprint density at radius 3 is 1.21 bits per heavy atom. The highest BCUT2D eigenvalue weighted by molar-refractivity contribution is 6.69. The smallest absolute Gasteiger partial charge is 0.253 e. The summed E-state index contributed by atoms with van der Waals surface area (Å²) in [7, 11) is 3.31. The van der Waals surface area contributed by atoms with Gasteiger partial charge in [-0.1, -0.05) is 145 Å². The highest BCUT2D eigenvalue weighted by Gasteiger charge is 2.17. The first kappa shape index (κ1) is 44.8. The Balaban J connectivity index is 0.000000335. The zero-order chi connectivity index (χ0) is 39.7. The van der Waals surface area contributed by atoms with Crippen LogP contribution in [0.25, 0.3) is 0 Å². The van der Waals surface area contributed by atoms with Crippen molar-refractivity contribution in [3.8, 4) is 0 Å². The van der Waals surface area contributed by atoms with E-state index < -0.39 is 0 Å². The van der Waals surface area contributed by atoms with Gasteiger partial charge >= 0.3 is 0 Å². The number of hydrogen-bond acceptors (Lipinski definition) is 6. The molecule has 2 N–H and O–H groups in total. The molecular weight excluding hydrogens is 737 g/mol. The summed E-state index contributed by atoms with van der Waals surface area (Å²) in [6.07, 6.45) is 0. The number of amidine groups is 1. The van der Waals surface area contributed by atoms with Gasteiger partial charge in [-0.3, -0.25) is 0 Å². The molecule has 0 unspecified atom stereocenters. The number of rotatable bonds is 6. The van der Waals surface area contributed by atoms with Crippen molar-refractivity contribution < 1.29 is 10.0 Å². The lowest BCUT2D eigenvalue weighted by molar-refractivity contribution is 0.0336. The van der Waals surface area contributed by atoms with Crippen LogP contribution in [0.1, 0.15) is 50.1 Å². The third kappa shape index (κ3) is 12.8. The minimum absolute atomic E-state index is 0. The van der Waals surface area contributed by atoms with E-state index in [1.807, 2.05) is 136 Å². The van der Waals surface area contributed by atoms with E-state index in [9.17, 15) is 0 Å². The summed E-state index contributed by atoms with van der Waals surface area (Å²) in [6.45, 7) is 12.4. The van der Waals surface area contributed by atoms with Crippen LogP contribution in [0.2, 0.25) is 0 Å². The largest absolute Gasteiger partial charge is 0.357 e. The van der Waals surface area contributed by atoms with E-state index >= 15 is 0 Å². The van der Waals surface area contributed by atoms with Gasteiger partial charge < -0.3 is 10.0 Å². The fourth-order valence-electron chi connectivity index (χ4n) is 5.69. The summed E-state index contributed by atoms with van der Waals surface area (Å²) >= 11 is 6.23. The summed E-state index contributed by atoms with van der Waals surface area (Å²) in [6, 6.07) is 48.4. The zero-order valence-corrected chi connectivity index (χ0v) is 34.9. The zero-order valence-electron chi connectivity index (χ0n) is 33.3. The van der Waals surface area contributed by atoms with Crippen molar-refractivity contribution in [2.24, 2.45) is 15.0 Å². The van der Waals surface area contributed by atoms with Gasteiger partial charge in [0.2, 0.25) is 0 Å². The van der Waals surface area contributed by atoms with Gasteiger partial charge in [-0.15, -0.1) is 12.4 Å². The first-order chi connectivity index (χ1) is 26.5. The van der Waals surface area contributed by atoms with Crippen molar-refractivity contribution >= 4 is 58.0 Å². The van der Waals surface area contributed by atoms with Crippen molar-refractivity contribution in [1.82, 2.24) is 10.5 Å². The Hall–Kier alpha value is -5.57. The van der Waals surface area contributed by atoms with Crippen LogP contribution in [-0.4, -0.2) is 41.3 Å². The Kier molecular flexibility index (Phi) is 18.2. The minimum atomic E-state index is 0. The fourth-order valence-corrected chi connectivity index (χ4v) is 5.90. The van der Waals surface area contributed by atoms with Gasteiger partial charge in [-0.25, -0.2) is 20.5 Å². The molecule has 0 saturated carbocycles. The second kappa shape index (κ2) is 22.7. The van der Waals surface area contributed by atoms with E-state index in [2.05, 4.69) is 63.0 Å². The molecule has 290 valence electrons. The SMILES string of the molecule is CNO.Cc1cccc(C)c1N=C(Cl)c1ccccc1.Cc1cccc(C)c1N=C(ON(C)C(=Nc1c(C)cccc1C)c1ccccc1)c1ccccc1.Cl. The van der Waals surface area contributed by atoms with Crippen LogP contribution in [0.3, 0.4) is 0 Å².